The Morgan fingerprint density at radius 1 is 1.56 bits per heavy atom. The smallest absolute Gasteiger partial charge is 0.340 e. The van der Waals surface area contributed by atoms with E-state index in [2.05, 4.69) is 9.72 Å². The van der Waals surface area contributed by atoms with Gasteiger partial charge in [-0.1, -0.05) is 0 Å². The van der Waals surface area contributed by atoms with Gasteiger partial charge in [0.2, 0.25) is 0 Å². The molecule has 0 amide bonds. The van der Waals surface area contributed by atoms with Gasteiger partial charge in [0.15, 0.2) is 0 Å². The number of esters is 1. The first-order valence-corrected chi connectivity index (χ1v) is 5.63. The lowest BCUT2D eigenvalue weighted by atomic mass is 10.2. The zero-order chi connectivity index (χ0) is 12.0. The molecular formula is C10H14N2O3S. The fraction of sp³-hybridized carbons (Fsp3) is 0.400. The average Bonchev–Trinajstić information content (AvgIpc) is 2.30. The number of carbonyl (C=O) groups is 1. The molecule has 0 bridgehead atoms. The van der Waals surface area contributed by atoms with Crippen LogP contribution in [0.25, 0.3) is 0 Å². The van der Waals surface area contributed by atoms with Gasteiger partial charge in [0.05, 0.1) is 36.2 Å². The summed E-state index contributed by atoms with van der Waals surface area (Å²) in [5.41, 5.74) is 6.29. The molecule has 1 aromatic rings. The molecular weight excluding hydrogens is 228 g/mol. The standard InChI is InChI=1S/C10H14N2O3S/c1-14-3-4-16-9-5-7(10(13)15-2)8(11)6-12-9/h5-6H,3-4,11H2,1-2H3. The zero-order valence-electron chi connectivity index (χ0n) is 9.23. The summed E-state index contributed by atoms with van der Waals surface area (Å²) in [5, 5.41) is 0.728. The number of thioether (sulfide) groups is 1. The maximum Gasteiger partial charge on any atom is 0.340 e. The van der Waals surface area contributed by atoms with E-state index in [1.807, 2.05) is 0 Å². The molecule has 1 heterocycles. The lowest BCUT2D eigenvalue weighted by Crippen LogP contribution is -2.06. The Morgan fingerprint density at radius 3 is 2.94 bits per heavy atom. The topological polar surface area (TPSA) is 74.4 Å². The molecule has 0 fully saturated rings. The van der Waals surface area contributed by atoms with E-state index in [4.69, 9.17) is 10.5 Å². The Bertz CT molecular complexity index is 371. The van der Waals surface area contributed by atoms with Gasteiger partial charge in [-0.25, -0.2) is 9.78 Å². The van der Waals surface area contributed by atoms with Crippen molar-refractivity contribution in [3.8, 4) is 0 Å². The molecule has 1 rings (SSSR count). The van der Waals surface area contributed by atoms with Gasteiger partial charge in [-0.15, -0.1) is 11.8 Å². The monoisotopic (exact) mass is 242 g/mol. The van der Waals surface area contributed by atoms with Crippen molar-refractivity contribution in [3.63, 3.8) is 0 Å². The molecule has 0 aliphatic heterocycles. The molecule has 0 spiro atoms. The Balaban J connectivity index is 2.77. The van der Waals surface area contributed by atoms with Gasteiger partial charge in [0.25, 0.3) is 0 Å². The number of nitrogen functional groups attached to an aromatic ring is 1. The highest BCUT2D eigenvalue weighted by atomic mass is 32.2. The number of rotatable bonds is 5. The van der Waals surface area contributed by atoms with Crippen LogP contribution >= 0.6 is 11.8 Å². The van der Waals surface area contributed by atoms with Crippen molar-refractivity contribution >= 4 is 23.4 Å². The number of hydrogen-bond donors (Lipinski definition) is 1. The lowest BCUT2D eigenvalue weighted by Gasteiger charge is -2.05. The largest absolute Gasteiger partial charge is 0.465 e. The minimum atomic E-state index is -0.450. The number of nitrogens with zero attached hydrogens (tertiary/aromatic N) is 1. The third-order valence-electron chi connectivity index (χ3n) is 1.85. The van der Waals surface area contributed by atoms with E-state index in [-0.39, 0.29) is 0 Å². The first-order chi connectivity index (χ1) is 7.69. The SMILES string of the molecule is COCCSc1cc(C(=O)OC)c(N)cn1. The van der Waals surface area contributed by atoms with Crippen LogP contribution in [0.2, 0.25) is 0 Å². The Labute approximate surface area is 98.3 Å². The van der Waals surface area contributed by atoms with E-state index in [1.54, 1.807) is 13.2 Å². The van der Waals surface area contributed by atoms with Gasteiger partial charge < -0.3 is 15.2 Å². The van der Waals surface area contributed by atoms with Crippen molar-refractivity contribution in [2.75, 3.05) is 32.3 Å². The van der Waals surface area contributed by atoms with E-state index < -0.39 is 5.97 Å². The molecule has 1 aromatic heterocycles. The van der Waals surface area contributed by atoms with Crippen LogP contribution in [-0.2, 0) is 9.47 Å². The van der Waals surface area contributed by atoms with Gasteiger partial charge in [0, 0.05) is 12.9 Å². The summed E-state index contributed by atoms with van der Waals surface area (Å²) < 4.78 is 9.54. The highest BCUT2D eigenvalue weighted by Gasteiger charge is 2.11. The second kappa shape index (κ2) is 6.34. The van der Waals surface area contributed by atoms with Crippen molar-refractivity contribution in [3.05, 3.63) is 17.8 Å². The van der Waals surface area contributed by atoms with E-state index in [9.17, 15) is 4.79 Å². The van der Waals surface area contributed by atoms with Crippen molar-refractivity contribution in [1.82, 2.24) is 4.98 Å². The summed E-state index contributed by atoms with van der Waals surface area (Å²) in [5.74, 6) is 0.321. The molecule has 88 valence electrons. The number of anilines is 1. The molecule has 0 radical (unpaired) electrons. The number of hydrogen-bond acceptors (Lipinski definition) is 6. The fourth-order valence-corrected chi connectivity index (χ4v) is 1.83. The van der Waals surface area contributed by atoms with E-state index >= 15 is 0 Å². The minimum absolute atomic E-state index is 0.322. The summed E-state index contributed by atoms with van der Waals surface area (Å²) in [6.07, 6.45) is 1.46. The van der Waals surface area contributed by atoms with Crippen LogP contribution in [0.15, 0.2) is 17.3 Å². The van der Waals surface area contributed by atoms with Gasteiger partial charge in [-0.05, 0) is 6.07 Å². The van der Waals surface area contributed by atoms with Crippen LogP contribution in [0.3, 0.4) is 0 Å². The summed E-state index contributed by atoms with van der Waals surface area (Å²) in [7, 11) is 2.96. The third kappa shape index (κ3) is 3.39. The van der Waals surface area contributed by atoms with Crippen molar-refractivity contribution in [2.45, 2.75) is 5.03 Å². The average molecular weight is 242 g/mol. The van der Waals surface area contributed by atoms with Crippen molar-refractivity contribution in [1.29, 1.82) is 0 Å². The molecule has 0 aliphatic carbocycles. The highest BCUT2D eigenvalue weighted by Crippen LogP contribution is 2.20. The van der Waals surface area contributed by atoms with Crippen LogP contribution in [0.5, 0.6) is 0 Å². The first-order valence-electron chi connectivity index (χ1n) is 4.64. The fourth-order valence-electron chi connectivity index (χ4n) is 1.04. The van der Waals surface area contributed by atoms with Crippen LogP contribution in [-0.4, -0.2) is 37.5 Å². The normalized spacial score (nSPS) is 10.1. The molecule has 0 aromatic carbocycles. The van der Waals surface area contributed by atoms with E-state index in [0.29, 0.717) is 17.9 Å². The second-order valence-electron chi connectivity index (χ2n) is 2.94. The summed E-state index contributed by atoms with van der Waals surface area (Å²) >= 11 is 1.50. The van der Waals surface area contributed by atoms with Crippen LogP contribution < -0.4 is 5.73 Å². The molecule has 0 saturated heterocycles. The lowest BCUT2D eigenvalue weighted by molar-refractivity contribution is 0.0601. The molecule has 5 nitrogen and oxygen atoms in total. The van der Waals surface area contributed by atoms with Crippen molar-refractivity contribution < 1.29 is 14.3 Å². The van der Waals surface area contributed by atoms with Gasteiger partial charge in [-0.2, -0.15) is 0 Å². The molecule has 0 unspecified atom stereocenters. The number of carbonyl (C=O) groups excluding carboxylic acids is 1. The Kier molecular flexibility index (Phi) is 5.07. The highest BCUT2D eigenvalue weighted by molar-refractivity contribution is 7.99. The Morgan fingerprint density at radius 2 is 2.31 bits per heavy atom. The first kappa shape index (κ1) is 12.8. The Hall–Kier alpha value is -1.27. The number of nitrogens with two attached hydrogens (primary N) is 1. The summed E-state index contributed by atoms with van der Waals surface area (Å²) in [6, 6.07) is 1.63. The maximum atomic E-state index is 11.4. The summed E-state index contributed by atoms with van der Waals surface area (Å²) in [4.78, 5) is 15.5. The van der Waals surface area contributed by atoms with Gasteiger partial charge in [0.1, 0.15) is 0 Å². The number of methoxy groups -OCH3 is 2. The number of pyridine rings is 1. The molecule has 0 saturated carbocycles. The van der Waals surface area contributed by atoms with E-state index in [0.717, 1.165) is 10.8 Å². The summed E-state index contributed by atoms with van der Waals surface area (Å²) in [6.45, 7) is 0.629. The van der Waals surface area contributed by atoms with Crippen LogP contribution in [0.1, 0.15) is 10.4 Å². The van der Waals surface area contributed by atoms with Gasteiger partial charge >= 0.3 is 5.97 Å². The predicted molar refractivity (Wildman–Crippen MR) is 62.6 cm³/mol. The zero-order valence-corrected chi connectivity index (χ0v) is 10.0. The molecule has 0 atom stereocenters. The van der Waals surface area contributed by atoms with E-state index in [1.165, 1.54) is 25.1 Å². The van der Waals surface area contributed by atoms with Crippen molar-refractivity contribution in [2.24, 2.45) is 0 Å². The molecule has 6 heteroatoms. The number of aromatic nitrogens is 1. The minimum Gasteiger partial charge on any atom is -0.465 e. The van der Waals surface area contributed by atoms with Crippen LogP contribution in [0, 0.1) is 0 Å². The van der Waals surface area contributed by atoms with Crippen LogP contribution in [0.4, 0.5) is 5.69 Å². The van der Waals surface area contributed by atoms with Gasteiger partial charge in [-0.3, -0.25) is 0 Å². The molecule has 2 N–H and O–H groups in total. The molecule has 16 heavy (non-hydrogen) atoms. The quantitative estimate of drug-likeness (QED) is 0.475. The molecule has 0 aliphatic rings. The second-order valence-corrected chi connectivity index (χ2v) is 4.06. The third-order valence-corrected chi connectivity index (χ3v) is 2.74. The predicted octanol–water partition coefficient (Wildman–Crippen LogP) is 1.19. The maximum absolute atomic E-state index is 11.4. The number of ether oxygens (including phenoxy) is 2.